The van der Waals surface area contributed by atoms with Gasteiger partial charge < -0.3 is 15.5 Å². The number of nitrogens with zero attached hydrogens (tertiary/aromatic N) is 1. The molecule has 3 rings (SSSR count). The number of amides is 1. The predicted octanol–water partition coefficient (Wildman–Crippen LogP) is 3.73. The number of carbonyl (C=O) groups is 1. The number of carbonyl (C=O) groups excluding carboxylic acids is 1. The number of anilines is 1. The van der Waals surface area contributed by atoms with E-state index in [2.05, 4.69) is 15.8 Å². The smallest absolute Gasteiger partial charge is 0.416 e. The molecule has 148 valence electrons. The van der Waals surface area contributed by atoms with Gasteiger partial charge in [-0.25, -0.2) is 0 Å². The Bertz CT molecular complexity index is 966. The first-order chi connectivity index (χ1) is 13.2. The molecule has 1 aromatic carbocycles. The normalized spacial score (nSPS) is 15.2. The van der Waals surface area contributed by atoms with Crippen molar-refractivity contribution in [3.8, 4) is 0 Å². The summed E-state index contributed by atoms with van der Waals surface area (Å²) in [5.41, 5.74) is 9.02. The van der Waals surface area contributed by atoms with Crippen LogP contribution in [0.25, 0.3) is 0 Å². The number of hydrazone groups is 1. The van der Waals surface area contributed by atoms with Crippen LogP contribution < -0.4 is 16.5 Å². The highest BCUT2D eigenvalue weighted by molar-refractivity contribution is 7.80. The third-order valence-electron chi connectivity index (χ3n) is 4.28. The van der Waals surface area contributed by atoms with Gasteiger partial charge in [0.2, 0.25) is 0 Å². The number of rotatable bonds is 3. The van der Waals surface area contributed by atoms with Crippen LogP contribution in [0.3, 0.4) is 0 Å². The minimum atomic E-state index is -4.50. The summed E-state index contributed by atoms with van der Waals surface area (Å²) in [6.45, 7) is 1.70. The van der Waals surface area contributed by atoms with E-state index in [1.54, 1.807) is 6.92 Å². The Morgan fingerprint density at radius 1 is 1.32 bits per heavy atom. The molecule has 6 nitrogen and oxygen atoms in total. The second-order valence-corrected chi connectivity index (χ2v) is 6.71. The number of benzene rings is 1. The number of nitrogens with one attached hydrogen (secondary N) is 2. The number of hydrogen-bond acceptors (Lipinski definition) is 4. The fourth-order valence-electron chi connectivity index (χ4n) is 3.08. The highest BCUT2D eigenvalue weighted by Crippen LogP contribution is 2.32. The number of halogens is 3. The summed E-state index contributed by atoms with van der Waals surface area (Å²) in [5, 5.41) is 6.64. The van der Waals surface area contributed by atoms with Gasteiger partial charge in [-0.1, -0.05) is 6.07 Å². The first-order valence-corrected chi connectivity index (χ1v) is 8.81. The summed E-state index contributed by atoms with van der Waals surface area (Å²) in [7, 11) is 0. The number of aryl methyl sites for hydroxylation is 1. The largest absolute Gasteiger partial charge is 0.455 e. The fraction of sp³-hybridized carbons (Fsp3) is 0.278. The van der Waals surface area contributed by atoms with Crippen LogP contribution in [0.1, 0.15) is 45.8 Å². The molecule has 1 aliphatic carbocycles. The maximum Gasteiger partial charge on any atom is 0.416 e. The van der Waals surface area contributed by atoms with E-state index < -0.39 is 17.6 Å². The Morgan fingerprint density at radius 2 is 2.07 bits per heavy atom. The quantitative estimate of drug-likeness (QED) is 0.530. The summed E-state index contributed by atoms with van der Waals surface area (Å²) in [6.07, 6.45) is -2.45. The van der Waals surface area contributed by atoms with Crippen molar-refractivity contribution in [1.82, 2.24) is 5.43 Å². The monoisotopic (exact) mass is 410 g/mol. The molecule has 1 aromatic heterocycles. The maximum absolute atomic E-state index is 12.9. The van der Waals surface area contributed by atoms with Crippen LogP contribution in [0.15, 0.2) is 33.8 Å². The molecule has 0 spiro atoms. The molecule has 4 N–H and O–H groups in total. The lowest BCUT2D eigenvalue weighted by Crippen LogP contribution is -2.26. The van der Waals surface area contributed by atoms with Gasteiger partial charge >= 0.3 is 6.18 Å². The summed E-state index contributed by atoms with van der Waals surface area (Å²) in [5.74, 6) is 0.00153. The molecule has 28 heavy (non-hydrogen) atoms. The van der Waals surface area contributed by atoms with Crippen molar-refractivity contribution in [2.24, 2.45) is 10.8 Å². The number of hydrogen-bond donors (Lipinski definition) is 3. The van der Waals surface area contributed by atoms with Crippen LogP contribution in [0, 0.1) is 6.92 Å². The van der Waals surface area contributed by atoms with Gasteiger partial charge in [-0.2, -0.15) is 18.3 Å². The summed E-state index contributed by atoms with van der Waals surface area (Å²) in [6, 6.07) is 4.41. The number of alkyl halides is 3. The molecule has 0 fully saturated rings. The van der Waals surface area contributed by atoms with Crippen molar-refractivity contribution in [3.63, 3.8) is 0 Å². The van der Waals surface area contributed by atoms with Crippen LogP contribution in [-0.4, -0.2) is 16.7 Å². The van der Waals surface area contributed by atoms with Gasteiger partial charge in [-0.15, -0.1) is 0 Å². The summed E-state index contributed by atoms with van der Waals surface area (Å²) in [4.78, 5) is 12.6. The molecule has 0 radical (unpaired) electrons. The lowest BCUT2D eigenvalue weighted by atomic mass is 9.93. The second kappa shape index (κ2) is 7.63. The van der Waals surface area contributed by atoms with Crippen molar-refractivity contribution in [2.75, 3.05) is 5.32 Å². The van der Waals surface area contributed by atoms with E-state index in [0.717, 1.165) is 18.6 Å². The lowest BCUT2D eigenvalue weighted by Gasteiger charge is -2.13. The van der Waals surface area contributed by atoms with Gasteiger partial charge in [0.1, 0.15) is 5.76 Å². The molecule has 1 amide bonds. The van der Waals surface area contributed by atoms with Crippen molar-refractivity contribution in [2.45, 2.75) is 32.4 Å². The SMILES string of the molecule is Cc1c(C(=O)Nc2cccc(C(F)(F)F)c2)oc2c1/C(=N/NC(N)=S)CCC2. The first-order valence-electron chi connectivity index (χ1n) is 8.40. The van der Waals surface area contributed by atoms with E-state index in [-0.39, 0.29) is 16.6 Å². The standard InChI is InChI=1S/C18H17F3N4O2S/c1-9-14-12(24-25-17(22)28)6-3-7-13(14)27-15(9)16(26)23-11-5-2-4-10(8-11)18(19,20)21/h2,4-5,8H,3,6-7H2,1H3,(H,23,26)(H3,22,25,28)/b24-12+. The molecule has 0 bridgehead atoms. The number of nitrogens with two attached hydrogens (primary N) is 1. The Hall–Kier alpha value is -2.88. The average molecular weight is 410 g/mol. The molecule has 0 saturated heterocycles. The van der Waals surface area contributed by atoms with Crippen LogP contribution >= 0.6 is 12.2 Å². The van der Waals surface area contributed by atoms with E-state index in [1.807, 2.05) is 0 Å². The van der Waals surface area contributed by atoms with Crippen LogP contribution in [0.5, 0.6) is 0 Å². The van der Waals surface area contributed by atoms with Crippen LogP contribution in [0.4, 0.5) is 18.9 Å². The Balaban J connectivity index is 1.88. The molecular formula is C18H17F3N4O2S. The molecular weight excluding hydrogens is 393 g/mol. The third kappa shape index (κ3) is 4.16. The molecule has 2 aromatic rings. The van der Waals surface area contributed by atoms with Crippen molar-refractivity contribution in [1.29, 1.82) is 0 Å². The Kier molecular flexibility index (Phi) is 5.41. The number of thiocarbonyl (C=S) groups is 1. The van der Waals surface area contributed by atoms with Gasteiger partial charge in [0.05, 0.1) is 11.3 Å². The van der Waals surface area contributed by atoms with E-state index >= 15 is 0 Å². The Morgan fingerprint density at radius 3 is 2.75 bits per heavy atom. The predicted molar refractivity (Wildman–Crippen MR) is 102 cm³/mol. The van der Waals surface area contributed by atoms with E-state index in [4.69, 9.17) is 22.4 Å². The van der Waals surface area contributed by atoms with Gasteiger partial charge in [-0.05, 0) is 50.2 Å². The zero-order valence-corrected chi connectivity index (χ0v) is 15.6. The highest BCUT2D eigenvalue weighted by atomic mass is 32.1. The first kappa shape index (κ1) is 19.9. The molecule has 0 unspecified atom stereocenters. The Labute approximate surface area is 164 Å². The van der Waals surface area contributed by atoms with Crippen LogP contribution in [-0.2, 0) is 12.6 Å². The summed E-state index contributed by atoms with van der Waals surface area (Å²) >= 11 is 4.74. The van der Waals surface area contributed by atoms with Gasteiger partial charge in [0.25, 0.3) is 5.91 Å². The van der Waals surface area contributed by atoms with Gasteiger partial charge in [0.15, 0.2) is 10.9 Å². The van der Waals surface area contributed by atoms with Crippen molar-refractivity contribution < 1.29 is 22.4 Å². The molecule has 1 heterocycles. The maximum atomic E-state index is 12.9. The van der Waals surface area contributed by atoms with Crippen LogP contribution in [0.2, 0.25) is 0 Å². The highest BCUT2D eigenvalue weighted by Gasteiger charge is 2.31. The fourth-order valence-corrected chi connectivity index (χ4v) is 3.13. The molecule has 0 saturated carbocycles. The van der Waals surface area contributed by atoms with E-state index in [0.29, 0.717) is 35.4 Å². The third-order valence-corrected chi connectivity index (χ3v) is 4.37. The van der Waals surface area contributed by atoms with E-state index in [1.165, 1.54) is 12.1 Å². The topological polar surface area (TPSA) is 92.6 Å². The molecule has 10 heteroatoms. The lowest BCUT2D eigenvalue weighted by molar-refractivity contribution is -0.137. The number of fused-ring (bicyclic) bond motifs is 1. The molecule has 0 atom stereocenters. The van der Waals surface area contributed by atoms with Crippen molar-refractivity contribution >= 4 is 34.6 Å². The molecule has 0 aliphatic heterocycles. The summed E-state index contributed by atoms with van der Waals surface area (Å²) < 4.78 is 44.3. The molecule has 1 aliphatic rings. The van der Waals surface area contributed by atoms with Crippen molar-refractivity contribution in [3.05, 3.63) is 52.5 Å². The van der Waals surface area contributed by atoms with E-state index in [9.17, 15) is 18.0 Å². The average Bonchev–Trinajstić information content (AvgIpc) is 2.97. The number of furan rings is 1. The second-order valence-electron chi connectivity index (χ2n) is 6.28. The minimum absolute atomic E-state index is 0.0169. The minimum Gasteiger partial charge on any atom is -0.455 e. The van der Waals surface area contributed by atoms with Gasteiger partial charge in [-0.3, -0.25) is 10.2 Å². The zero-order chi connectivity index (χ0) is 20.5. The zero-order valence-electron chi connectivity index (χ0n) is 14.8. The van der Waals surface area contributed by atoms with Gasteiger partial charge in [0, 0.05) is 23.2 Å².